The van der Waals surface area contributed by atoms with Gasteiger partial charge in [0.2, 0.25) is 0 Å². The summed E-state index contributed by atoms with van der Waals surface area (Å²) >= 11 is 0. The fourth-order valence-corrected chi connectivity index (χ4v) is 2.16. The molecule has 4 nitrogen and oxygen atoms in total. The van der Waals surface area contributed by atoms with E-state index in [-0.39, 0.29) is 0 Å². The molecule has 0 aliphatic carbocycles. The van der Waals surface area contributed by atoms with Crippen molar-refractivity contribution in [1.82, 2.24) is 0 Å². The van der Waals surface area contributed by atoms with E-state index in [4.69, 9.17) is 4.74 Å². The van der Waals surface area contributed by atoms with Crippen LogP contribution in [0.1, 0.15) is 5.56 Å². The minimum atomic E-state index is -0.774. The molecule has 0 spiro atoms. The molecule has 17 heavy (non-hydrogen) atoms. The second kappa shape index (κ2) is 4.37. The summed E-state index contributed by atoms with van der Waals surface area (Å²) in [6.45, 7) is 3.11. The Bertz CT molecular complexity index is 426. The molecule has 1 heterocycles. The molecule has 92 valence electrons. The van der Waals surface area contributed by atoms with E-state index in [1.165, 1.54) is 0 Å². The zero-order valence-corrected chi connectivity index (χ0v) is 10.1. The SMILES string of the molecule is Cc1ccccc1N(C)CC1(C(=O)O)COC1. The number of aliphatic carboxylic acids is 1. The zero-order valence-electron chi connectivity index (χ0n) is 10.1. The maximum Gasteiger partial charge on any atom is 0.316 e. The number of hydrogen-bond acceptors (Lipinski definition) is 3. The second-order valence-electron chi connectivity index (χ2n) is 4.72. The quantitative estimate of drug-likeness (QED) is 0.860. The van der Waals surface area contributed by atoms with Gasteiger partial charge in [0.25, 0.3) is 0 Å². The third kappa shape index (κ3) is 2.13. The number of carboxylic acid groups (broad SMARTS) is 1. The number of para-hydroxylation sites is 1. The van der Waals surface area contributed by atoms with Crippen molar-refractivity contribution >= 4 is 11.7 Å². The van der Waals surface area contributed by atoms with Crippen LogP contribution >= 0.6 is 0 Å². The Kier molecular flexibility index (Phi) is 3.07. The number of carbonyl (C=O) groups is 1. The van der Waals surface area contributed by atoms with Gasteiger partial charge in [-0.2, -0.15) is 0 Å². The number of benzene rings is 1. The monoisotopic (exact) mass is 235 g/mol. The summed E-state index contributed by atoms with van der Waals surface area (Å²) in [6.07, 6.45) is 0. The van der Waals surface area contributed by atoms with E-state index >= 15 is 0 Å². The molecule has 1 N–H and O–H groups in total. The van der Waals surface area contributed by atoms with E-state index < -0.39 is 11.4 Å². The highest BCUT2D eigenvalue weighted by Crippen LogP contribution is 2.31. The van der Waals surface area contributed by atoms with Crippen molar-refractivity contribution in [1.29, 1.82) is 0 Å². The average Bonchev–Trinajstić information content (AvgIpc) is 2.23. The molecule has 4 heteroatoms. The summed E-state index contributed by atoms with van der Waals surface area (Å²) < 4.78 is 5.06. The van der Waals surface area contributed by atoms with Crippen LogP contribution in [0.3, 0.4) is 0 Å². The van der Waals surface area contributed by atoms with Crippen molar-refractivity contribution < 1.29 is 14.6 Å². The van der Waals surface area contributed by atoms with Crippen LogP contribution in [0.15, 0.2) is 24.3 Å². The molecule has 2 rings (SSSR count). The summed E-state index contributed by atoms with van der Waals surface area (Å²) in [5.74, 6) is -0.774. The minimum Gasteiger partial charge on any atom is -0.481 e. The van der Waals surface area contributed by atoms with E-state index in [2.05, 4.69) is 0 Å². The molecule has 1 aromatic rings. The van der Waals surface area contributed by atoms with Crippen molar-refractivity contribution in [3.05, 3.63) is 29.8 Å². The van der Waals surface area contributed by atoms with Gasteiger partial charge in [-0.05, 0) is 18.6 Å². The topological polar surface area (TPSA) is 49.8 Å². The van der Waals surface area contributed by atoms with Crippen molar-refractivity contribution in [3.8, 4) is 0 Å². The highest BCUT2D eigenvalue weighted by atomic mass is 16.5. The number of anilines is 1. The molecule has 0 amide bonds. The van der Waals surface area contributed by atoms with Crippen LogP contribution in [-0.2, 0) is 9.53 Å². The van der Waals surface area contributed by atoms with Crippen LogP contribution in [0, 0.1) is 12.3 Å². The zero-order chi connectivity index (χ0) is 12.5. The van der Waals surface area contributed by atoms with Gasteiger partial charge in [0.05, 0.1) is 13.2 Å². The van der Waals surface area contributed by atoms with E-state index in [9.17, 15) is 9.90 Å². The van der Waals surface area contributed by atoms with Gasteiger partial charge in [0.1, 0.15) is 5.41 Å². The first-order chi connectivity index (χ1) is 8.05. The molecule has 1 saturated heterocycles. The lowest BCUT2D eigenvalue weighted by Crippen LogP contribution is -2.55. The third-order valence-corrected chi connectivity index (χ3v) is 3.28. The number of aryl methyl sites for hydroxylation is 1. The van der Waals surface area contributed by atoms with Crippen molar-refractivity contribution in [2.24, 2.45) is 5.41 Å². The van der Waals surface area contributed by atoms with Gasteiger partial charge in [0.15, 0.2) is 0 Å². The number of carboxylic acids is 1. The van der Waals surface area contributed by atoms with Gasteiger partial charge in [-0.1, -0.05) is 18.2 Å². The molecular weight excluding hydrogens is 218 g/mol. The van der Waals surface area contributed by atoms with Gasteiger partial charge in [0, 0.05) is 19.3 Å². The van der Waals surface area contributed by atoms with Crippen molar-refractivity contribution in [2.45, 2.75) is 6.92 Å². The lowest BCUT2D eigenvalue weighted by molar-refractivity contribution is -0.177. The normalized spacial score (nSPS) is 17.3. The molecular formula is C13H17NO3. The van der Waals surface area contributed by atoms with Gasteiger partial charge in [-0.15, -0.1) is 0 Å². The Labute approximate surface area is 101 Å². The lowest BCUT2D eigenvalue weighted by atomic mass is 9.85. The fourth-order valence-electron chi connectivity index (χ4n) is 2.16. The number of rotatable bonds is 4. The standard InChI is InChI=1S/C13H17NO3/c1-10-5-3-4-6-11(10)14(2)7-13(12(15)16)8-17-9-13/h3-6H,7-9H2,1-2H3,(H,15,16). The maximum atomic E-state index is 11.2. The number of hydrogen-bond donors (Lipinski definition) is 1. The molecule has 0 bridgehead atoms. The summed E-state index contributed by atoms with van der Waals surface area (Å²) in [6, 6.07) is 7.97. The Balaban J connectivity index is 2.14. The van der Waals surface area contributed by atoms with Crippen LogP contribution in [0.4, 0.5) is 5.69 Å². The molecule has 0 atom stereocenters. The predicted molar refractivity (Wildman–Crippen MR) is 65.3 cm³/mol. The maximum absolute atomic E-state index is 11.2. The first-order valence-corrected chi connectivity index (χ1v) is 5.63. The molecule has 0 aromatic heterocycles. The predicted octanol–water partition coefficient (Wildman–Crippen LogP) is 1.53. The number of nitrogens with zero attached hydrogens (tertiary/aromatic N) is 1. The highest BCUT2D eigenvalue weighted by molar-refractivity contribution is 5.77. The molecule has 1 aliphatic heterocycles. The Morgan fingerprint density at radius 3 is 2.59 bits per heavy atom. The van der Waals surface area contributed by atoms with E-state index in [1.807, 2.05) is 43.1 Å². The van der Waals surface area contributed by atoms with Crippen molar-refractivity contribution in [3.63, 3.8) is 0 Å². The van der Waals surface area contributed by atoms with Crippen LogP contribution in [0.5, 0.6) is 0 Å². The van der Waals surface area contributed by atoms with Crippen LogP contribution in [0.25, 0.3) is 0 Å². The lowest BCUT2D eigenvalue weighted by Gasteiger charge is -2.40. The average molecular weight is 235 g/mol. The van der Waals surface area contributed by atoms with Gasteiger partial charge in [-0.25, -0.2) is 0 Å². The first-order valence-electron chi connectivity index (χ1n) is 5.63. The van der Waals surface area contributed by atoms with Crippen LogP contribution in [0.2, 0.25) is 0 Å². The Hall–Kier alpha value is -1.55. The highest BCUT2D eigenvalue weighted by Gasteiger charge is 2.47. The van der Waals surface area contributed by atoms with Gasteiger partial charge < -0.3 is 14.7 Å². The molecule has 1 fully saturated rings. The van der Waals surface area contributed by atoms with E-state index in [0.717, 1.165) is 11.3 Å². The summed E-state index contributed by atoms with van der Waals surface area (Å²) in [5, 5.41) is 9.24. The molecule has 0 saturated carbocycles. The fraction of sp³-hybridized carbons (Fsp3) is 0.462. The largest absolute Gasteiger partial charge is 0.481 e. The van der Waals surface area contributed by atoms with E-state index in [1.54, 1.807) is 0 Å². The van der Waals surface area contributed by atoms with Crippen LogP contribution in [-0.4, -0.2) is 37.9 Å². The van der Waals surface area contributed by atoms with Crippen molar-refractivity contribution in [2.75, 3.05) is 31.7 Å². The minimum absolute atomic E-state index is 0.304. The molecule has 0 radical (unpaired) electrons. The summed E-state index contributed by atoms with van der Waals surface area (Å²) in [4.78, 5) is 13.2. The Morgan fingerprint density at radius 1 is 1.47 bits per heavy atom. The van der Waals surface area contributed by atoms with Gasteiger partial charge >= 0.3 is 5.97 Å². The smallest absolute Gasteiger partial charge is 0.316 e. The van der Waals surface area contributed by atoms with E-state index in [0.29, 0.717) is 19.8 Å². The van der Waals surface area contributed by atoms with Crippen LogP contribution < -0.4 is 4.90 Å². The Morgan fingerprint density at radius 2 is 2.12 bits per heavy atom. The third-order valence-electron chi connectivity index (χ3n) is 3.28. The second-order valence-corrected chi connectivity index (χ2v) is 4.72. The number of ether oxygens (including phenoxy) is 1. The first kappa shape index (κ1) is 11.9. The summed E-state index contributed by atoms with van der Waals surface area (Å²) in [5.41, 5.74) is 1.48. The molecule has 0 unspecified atom stereocenters. The molecule has 1 aromatic carbocycles. The van der Waals surface area contributed by atoms with Gasteiger partial charge in [-0.3, -0.25) is 4.79 Å². The molecule has 1 aliphatic rings. The summed E-state index contributed by atoms with van der Waals surface area (Å²) in [7, 11) is 1.92.